The summed E-state index contributed by atoms with van der Waals surface area (Å²) in [4.78, 5) is 19.9. The fraction of sp³-hybridized carbons (Fsp3) is 0. The molecule has 6 nitrogen and oxygen atoms in total. The molecule has 0 N–H and O–H groups in total. The fourth-order valence-electron chi connectivity index (χ4n) is 5.83. The van der Waals surface area contributed by atoms with Crippen LogP contribution in [0.2, 0.25) is 0 Å². The Hall–Kier alpha value is -5.88. The first-order valence-electron chi connectivity index (χ1n) is 13.7. The van der Waals surface area contributed by atoms with Crippen LogP contribution in [0.4, 0.5) is 0 Å². The quantitative estimate of drug-likeness (QED) is 0.222. The van der Waals surface area contributed by atoms with Gasteiger partial charge in [-0.05, 0) is 30.3 Å². The molecule has 0 aliphatic heterocycles. The molecule has 0 saturated carbocycles. The maximum absolute atomic E-state index is 6.25. The molecular weight excluding hydrogens is 520 g/mol. The van der Waals surface area contributed by atoms with Crippen LogP contribution in [0, 0.1) is 0 Å². The molecule has 0 amide bonds. The Morgan fingerprint density at radius 3 is 1.86 bits per heavy atom. The summed E-state index contributed by atoms with van der Waals surface area (Å²) < 4.78 is 12.4. The Balaban J connectivity index is 1.36. The van der Waals surface area contributed by atoms with E-state index in [9.17, 15) is 0 Å². The number of hydrogen-bond acceptors (Lipinski definition) is 6. The highest BCUT2D eigenvalue weighted by Crippen LogP contribution is 2.39. The first-order chi connectivity index (χ1) is 20.8. The van der Waals surface area contributed by atoms with Crippen LogP contribution in [0.1, 0.15) is 0 Å². The average Bonchev–Trinajstić information content (AvgIpc) is 3.61. The van der Waals surface area contributed by atoms with E-state index in [0.717, 1.165) is 65.9 Å². The van der Waals surface area contributed by atoms with Crippen molar-refractivity contribution >= 4 is 54.9 Å². The van der Waals surface area contributed by atoms with Crippen LogP contribution < -0.4 is 0 Å². The summed E-state index contributed by atoms with van der Waals surface area (Å²) in [6, 6.07) is 40.2. The maximum atomic E-state index is 6.25. The topological polar surface area (TPSA) is 77.8 Å². The highest BCUT2D eigenvalue weighted by molar-refractivity contribution is 6.14. The van der Waals surface area contributed by atoms with Gasteiger partial charge in [-0.1, -0.05) is 91.0 Å². The van der Waals surface area contributed by atoms with E-state index in [0.29, 0.717) is 23.2 Å². The second kappa shape index (κ2) is 8.81. The molecule has 0 atom stereocenters. The SMILES string of the molecule is c1ccc(-c2nc(-c3cccc4oc5ccccc5c34)nc(-c3cccc4oc5nc6ccccc6cc5c34)n2)cc1. The van der Waals surface area contributed by atoms with Crippen molar-refractivity contribution in [2.24, 2.45) is 0 Å². The molecule has 4 aromatic heterocycles. The summed E-state index contributed by atoms with van der Waals surface area (Å²) >= 11 is 0. The molecule has 9 aromatic rings. The third-order valence-corrected chi connectivity index (χ3v) is 7.74. The summed E-state index contributed by atoms with van der Waals surface area (Å²) in [5.41, 5.74) is 6.47. The molecule has 0 bridgehead atoms. The summed E-state index contributed by atoms with van der Waals surface area (Å²) in [7, 11) is 0. The van der Waals surface area contributed by atoms with Gasteiger partial charge in [0.2, 0.25) is 5.71 Å². The molecule has 0 aliphatic rings. The molecule has 4 heterocycles. The van der Waals surface area contributed by atoms with Crippen molar-refractivity contribution in [3.05, 3.63) is 121 Å². The summed E-state index contributed by atoms with van der Waals surface area (Å²) in [5.74, 6) is 1.73. The highest BCUT2D eigenvalue weighted by atomic mass is 16.3. The number of pyridine rings is 1. The molecule has 0 saturated heterocycles. The second-order valence-corrected chi connectivity index (χ2v) is 10.3. The molecule has 5 aromatic carbocycles. The zero-order chi connectivity index (χ0) is 27.6. The third kappa shape index (κ3) is 3.45. The third-order valence-electron chi connectivity index (χ3n) is 7.74. The first kappa shape index (κ1) is 22.9. The van der Waals surface area contributed by atoms with Gasteiger partial charge in [-0.2, -0.15) is 0 Å². The van der Waals surface area contributed by atoms with Gasteiger partial charge in [-0.15, -0.1) is 0 Å². The van der Waals surface area contributed by atoms with Crippen LogP contribution in [0.15, 0.2) is 130 Å². The van der Waals surface area contributed by atoms with Gasteiger partial charge >= 0.3 is 0 Å². The summed E-state index contributed by atoms with van der Waals surface area (Å²) in [6.07, 6.45) is 0. The van der Waals surface area contributed by atoms with Crippen molar-refractivity contribution in [2.75, 3.05) is 0 Å². The number of aromatic nitrogens is 4. The van der Waals surface area contributed by atoms with Crippen molar-refractivity contribution in [1.29, 1.82) is 0 Å². The van der Waals surface area contributed by atoms with Crippen molar-refractivity contribution < 1.29 is 8.83 Å². The van der Waals surface area contributed by atoms with Gasteiger partial charge in [0.1, 0.15) is 16.7 Å². The lowest BCUT2D eigenvalue weighted by molar-refractivity contribution is 0.656. The van der Waals surface area contributed by atoms with E-state index >= 15 is 0 Å². The standard InChI is InChI=1S/C36H20N4O2/c1-2-10-21(11-3-1)33-38-34(24-14-8-18-29-31(24)23-13-5-7-17-28(23)41-29)40-35(39-33)25-15-9-19-30-32(25)26-20-22-12-4-6-16-27(22)37-36(26)42-30/h1-20H. The molecule has 42 heavy (non-hydrogen) atoms. The normalized spacial score (nSPS) is 11.8. The predicted molar refractivity (Wildman–Crippen MR) is 166 cm³/mol. The van der Waals surface area contributed by atoms with Gasteiger partial charge in [0.05, 0.1) is 5.52 Å². The average molecular weight is 541 g/mol. The first-order valence-corrected chi connectivity index (χ1v) is 13.7. The highest BCUT2D eigenvalue weighted by Gasteiger charge is 2.20. The van der Waals surface area contributed by atoms with Crippen LogP contribution in [-0.4, -0.2) is 19.9 Å². The molecule has 9 rings (SSSR count). The Labute approximate surface area is 238 Å². The second-order valence-electron chi connectivity index (χ2n) is 10.3. The summed E-state index contributed by atoms with van der Waals surface area (Å²) in [6.45, 7) is 0. The van der Waals surface area contributed by atoms with E-state index in [1.807, 2.05) is 103 Å². The van der Waals surface area contributed by atoms with E-state index in [2.05, 4.69) is 18.2 Å². The van der Waals surface area contributed by atoms with Gasteiger partial charge < -0.3 is 8.83 Å². The Morgan fingerprint density at radius 2 is 1.05 bits per heavy atom. The van der Waals surface area contributed by atoms with E-state index in [-0.39, 0.29) is 0 Å². The smallest absolute Gasteiger partial charge is 0.227 e. The number of furan rings is 2. The van der Waals surface area contributed by atoms with E-state index < -0.39 is 0 Å². The molecule has 0 aliphatic carbocycles. The van der Waals surface area contributed by atoms with Crippen molar-refractivity contribution in [3.8, 4) is 34.2 Å². The largest absolute Gasteiger partial charge is 0.456 e. The Bertz CT molecular complexity index is 2480. The van der Waals surface area contributed by atoms with Crippen molar-refractivity contribution in [1.82, 2.24) is 19.9 Å². The van der Waals surface area contributed by atoms with Crippen LogP contribution in [0.5, 0.6) is 0 Å². The van der Waals surface area contributed by atoms with Crippen molar-refractivity contribution in [3.63, 3.8) is 0 Å². The molecule has 0 unspecified atom stereocenters. The number of para-hydroxylation sites is 2. The molecule has 6 heteroatoms. The zero-order valence-corrected chi connectivity index (χ0v) is 22.2. The van der Waals surface area contributed by atoms with E-state index in [1.165, 1.54) is 0 Å². The van der Waals surface area contributed by atoms with Crippen molar-refractivity contribution in [2.45, 2.75) is 0 Å². The van der Waals surface area contributed by atoms with Gasteiger partial charge in [0.15, 0.2) is 17.5 Å². The lowest BCUT2D eigenvalue weighted by atomic mass is 10.0. The van der Waals surface area contributed by atoms with Crippen LogP contribution >= 0.6 is 0 Å². The minimum Gasteiger partial charge on any atom is -0.456 e. The van der Waals surface area contributed by atoms with Gasteiger partial charge in [0, 0.05) is 43.6 Å². The number of hydrogen-bond donors (Lipinski definition) is 0. The van der Waals surface area contributed by atoms with Crippen LogP contribution in [0.25, 0.3) is 89.1 Å². The summed E-state index contributed by atoms with van der Waals surface area (Å²) in [5, 5.41) is 4.89. The van der Waals surface area contributed by atoms with Gasteiger partial charge in [-0.3, -0.25) is 0 Å². The number of benzene rings is 5. The molecular formula is C36H20N4O2. The Kier molecular flexibility index (Phi) is 4.80. The predicted octanol–water partition coefficient (Wildman–Crippen LogP) is 9.22. The lowest BCUT2D eigenvalue weighted by Gasteiger charge is -2.10. The van der Waals surface area contributed by atoms with E-state index in [4.69, 9.17) is 28.8 Å². The molecule has 0 spiro atoms. The number of nitrogens with zero attached hydrogens (tertiary/aromatic N) is 4. The van der Waals surface area contributed by atoms with E-state index in [1.54, 1.807) is 0 Å². The fourth-order valence-corrected chi connectivity index (χ4v) is 5.83. The van der Waals surface area contributed by atoms with Gasteiger partial charge in [0.25, 0.3) is 0 Å². The number of fused-ring (bicyclic) bond motifs is 7. The molecule has 0 fully saturated rings. The lowest BCUT2D eigenvalue weighted by Crippen LogP contribution is -2.00. The minimum atomic E-state index is 0.560. The van der Waals surface area contributed by atoms with Crippen LogP contribution in [0.3, 0.4) is 0 Å². The zero-order valence-electron chi connectivity index (χ0n) is 22.2. The monoisotopic (exact) mass is 540 g/mol. The number of rotatable bonds is 3. The maximum Gasteiger partial charge on any atom is 0.227 e. The minimum absolute atomic E-state index is 0.560. The molecule has 0 radical (unpaired) electrons. The van der Waals surface area contributed by atoms with Crippen LogP contribution in [-0.2, 0) is 0 Å². The van der Waals surface area contributed by atoms with Gasteiger partial charge in [-0.25, -0.2) is 19.9 Å². The molecule has 196 valence electrons. The Morgan fingerprint density at radius 1 is 0.429 bits per heavy atom.